The van der Waals surface area contributed by atoms with E-state index in [2.05, 4.69) is 219 Å². The fourth-order valence-corrected chi connectivity index (χ4v) is 22.8. The lowest BCUT2D eigenvalue weighted by atomic mass is 10.00. The molecule has 32 nitrogen and oxygen atoms in total. The first-order valence-electron chi connectivity index (χ1n) is 51.1. The van der Waals surface area contributed by atoms with Crippen LogP contribution >= 0.6 is 0 Å². The third-order valence-corrected chi connectivity index (χ3v) is 31.0. The number of ether oxygens (including phenoxy) is 5. The summed E-state index contributed by atoms with van der Waals surface area (Å²) in [7, 11) is 2.14. The fourth-order valence-electron chi connectivity index (χ4n) is 22.8. The van der Waals surface area contributed by atoms with Crippen LogP contribution in [0.5, 0.6) is 28.7 Å². The van der Waals surface area contributed by atoms with Crippen LogP contribution in [0.3, 0.4) is 0 Å². The Hall–Kier alpha value is -13.4. The van der Waals surface area contributed by atoms with Crippen LogP contribution in [0.1, 0.15) is 86.1 Å². The highest BCUT2D eigenvalue weighted by molar-refractivity contribution is 5.85. The molecule has 0 amide bonds. The van der Waals surface area contributed by atoms with Crippen LogP contribution in [0, 0.1) is 34.6 Å². The summed E-state index contributed by atoms with van der Waals surface area (Å²) >= 11 is 0. The minimum Gasteiger partial charge on any atom is -0.492 e. The van der Waals surface area contributed by atoms with Gasteiger partial charge in [0, 0.05) is 201 Å². The van der Waals surface area contributed by atoms with Crippen molar-refractivity contribution in [1.29, 1.82) is 0 Å². The van der Waals surface area contributed by atoms with Gasteiger partial charge < -0.3 is 49.9 Å². The van der Waals surface area contributed by atoms with Crippen LogP contribution in [-0.4, -0.2) is 320 Å². The molecule has 10 aromatic heterocycles. The SMILES string of the molecule is Cc1ccc2cc1-c1cnn3ccc(nc13)N(C)CCN1C[C@@H]3CCCN3C[C@H]1CO2.Cc1ccc2cc1-c1cnn3ccc(nc13)NCCN1CCC=C[C@H]1CO2.Cc1ccc2cc1-c1cnn3ccc(nc13)NCCN1CC[C@@H](C[C@@H]1C)O2.Cc1ccc2cc1-c1cnn3ccc(nc13)NCCN1C[C@@H](F)C[C@H]1CO2.Cc1ccc2cc1-c1cnn3ccc(nc13)NCCN1C[C@@H]3CCCN3C[C@H]1CO2. The second kappa shape index (κ2) is 40.5. The highest BCUT2D eigenvalue weighted by Crippen LogP contribution is 2.41. The zero-order valence-electron chi connectivity index (χ0n) is 82.3. The molecule has 0 aliphatic carbocycles. The predicted molar refractivity (Wildman–Crippen MR) is 554 cm³/mol. The Balaban J connectivity index is 0.0000000988. The Morgan fingerprint density at radius 3 is 1.14 bits per heavy atom. The van der Waals surface area contributed by atoms with E-state index < -0.39 is 6.17 Å². The van der Waals surface area contributed by atoms with Crippen LogP contribution < -0.4 is 49.9 Å². The molecule has 4 N–H and O–H groups in total. The molecule has 33 heteroatoms. The van der Waals surface area contributed by atoms with Crippen molar-refractivity contribution in [3.05, 3.63) is 223 Å². The molecule has 13 aliphatic rings. The maximum absolute atomic E-state index is 14.0. The monoisotopic (exact) mass is 1910 g/mol. The Morgan fingerprint density at radius 2 is 0.697 bits per heavy atom. The number of rotatable bonds is 0. The first-order valence-corrected chi connectivity index (χ1v) is 51.1. The number of benzene rings is 5. The Kier molecular flexibility index (Phi) is 26.4. The zero-order valence-corrected chi connectivity index (χ0v) is 82.3. The van der Waals surface area contributed by atoms with E-state index in [9.17, 15) is 4.39 Å². The molecule has 6 saturated heterocycles. The van der Waals surface area contributed by atoms with Gasteiger partial charge in [0.25, 0.3) is 0 Å². The first kappa shape index (κ1) is 92.3. The molecule has 28 rings (SSSR count). The molecule has 142 heavy (non-hydrogen) atoms. The maximum atomic E-state index is 14.0. The molecule has 23 heterocycles. The van der Waals surface area contributed by atoms with Crippen LogP contribution in [0.25, 0.3) is 83.9 Å². The van der Waals surface area contributed by atoms with E-state index in [0.717, 1.165) is 278 Å². The number of alkyl halides is 1. The lowest BCUT2D eigenvalue weighted by Crippen LogP contribution is -2.59. The van der Waals surface area contributed by atoms with Crippen molar-refractivity contribution in [2.45, 2.75) is 147 Å². The van der Waals surface area contributed by atoms with Crippen LogP contribution in [-0.2, 0) is 0 Å². The molecule has 15 aromatic rings. The predicted octanol–water partition coefficient (Wildman–Crippen LogP) is 14.8. The quantitative estimate of drug-likeness (QED) is 0.103. The fraction of sp³-hybridized carbons (Fsp3) is 0.431. The van der Waals surface area contributed by atoms with Gasteiger partial charge in [0.2, 0.25) is 0 Å². The number of likely N-dealkylation sites (N-methyl/N-ethyl adjacent to an activating group) is 1. The standard InChI is InChI=1S/C24H30N6O.C23H28N6O.C21H25N5O.C21H23N5O.C20H22FN5O/c1-17-5-6-20-12-21(17)22-13-25-30-9-7-23(26-24(22)30)27(2)10-11-29-14-18-4-3-8-28(18)15-19(29)16-31-20;1-16-4-5-19-11-20(16)21-12-25-29-9-6-22(26-23(21)29)24-7-10-28-13-17-3-2-8-27(17)14-18(28)15-30-19;1-14-3-4-16-12-18(14)19-13-23-26-9-6-20(24-21(19)26)22-7-10-25-8-5-17(27-16)11-15(25)2;1-15-5-6-17-12-18(15)19-13-23-26-10-7-20(24-21(19)26)22-8-11-25-9-3-2-4-16(25)14-27-17;1-13-2-3-16-9-17(13)18-10-23-26-6-4-19(24-20(18)26)22-5-7-25-11-14(21)8-15(25)12-27-16/h5-7,9,12-13,18-19H,3-4,8,10-11,14-16H2,1-2H3;4-6,9,11-12,17-18H,2-3,7-8,10,13-15H2,1H3,(H,24,26);3-4,6,9,12-13,15,17H,5,7-8,10-11H2,1-2H3,(H,22,24);2,4-7,10,12-13,16H,3,8-9,11,14H2,1H3,(H,22,24);2-4,6,9-10,14-15H,5,7-8,11-12H2,1H3,(H,22,24)/t18-,19-;17-,18-;15-,17-;16-;14-,15-/m00000/s1. The van der Waals surface area contributed by atoms with Gasteiger partial charge in [-0.15, -0.1) is 0 Å². The summed E-state index contributed by atoms with van der Waals surface area (Å²) in [6.45, 7) is 34.0. The summed E-state index contributed by atoms with van der Waals surface area (Å²) in [4.78, 5) is 44.3. The summed E-state index contributed by atoms with van der Waals surface area (Å²) < 4.78 is 54.5. The number of aromatic nitrogens is 15. The van der Waals surface area contributed by atoms with Gasteiger partial charge in [-0.25, -0.2) is 51.9 Å². The smallest absolute Gasteiger partial charge is 0.165 e. The molecule has 6 fully saturated rings. The van der Waals surface area contributed by atoms with Crippen molar-refractivity contribution in [1.82, 2.24) is 107 Å². The number of hydrogen-bond acceptors (Lipinski definition) is 27. The van der Waals surface area contributed by atoms with Crippen LogP contribution in [0.15, 0.2) is 195 Å². The molecule has 13 aliphatic heterocycles. The summed E-state index contributed by atoms with van der Waals surface area (Å²) in [5.74, 6) is 8.95. The van der Waals surface area contributed by atoms with Crippen LogP contribution in [0.4, 0.5) is 33.5 Å². The molecule has 5 aromatic carbocycles. The van der Waals surface area contributed by atoms with E-state index in [0.29, 0.717) is 69.0 Å². The Morgan fingerprint density at radius 1 is 0.331 bits per heavy atom. The van der Waals surface area contributed by atoms with Gasteiger partial charge >= 0.3 is 0 Å². The zero-order chi connectivity index (χ0) is 96.0. The van der Waals surface area contributed by atoms with Crippen LogP contribution in [0.2, 0.25) is 0 Å². The highest BCUT2D eigenvalue weighted by Gasteiger charge is 2.40. The molecular formula is C109H128FN27O5. The number of fused-ring (bicyclic) bond motifs is 26. The number of nitrogens with zero attached hydrogens (tertiary/aromatic N) is 23. The number of nitrogens with one attached hydrogen (secondary N) is 4. The Labute approximate surface area is 827 Å². The lowest BCUT2D eigenvalue weighted by Gasteiger charge is -2.44. The van der Waals surface area contributed by atoms with E-state index in [-0.39, 0.29) is 12.1 Å². The van der Waals surface area contributed by atoms with Crippen molar-refractivity contribution >= 4 is 57.3 Å². The third-order valence-electron chi connectivity index (χ3n) is 31.0. The topological polar surface area (TPSA) is 271 Å². The minimum absolute atomic E-state index is 0.0941. The molecule has 736 valence electrons. The molecule has 0 saturated carbocycles. The van der Waals surface area contributed by atoms with Crippen molar-refractivity contribution in [2.24, 2.45) is 0 Å². The second-order valence-corrected chi connectivity index (χ2v) is 40.3. The Bertz CT molecular complexity index is 7100. The van der Waals surface area contributed by atoms with E-state index >= 15 is 0 Å². The van der Waals surface area contributed by atoms with Gasteiger partial charge in [0.1, 0.15) is 96.5 Å². The lowest BCUT2D eigenvalue weighted by molar-refractivity contribution is 0.0293. The van der Waals surface area contributed by atoms with Crippen molar-refractivity contribution in [3.63, 3.8) is 0 Å². The minimum atomic E-state index is -0.787. The number of halogens is 1. The largest absolute Gasteiger partial charge is 0.492 e. The number of anilines is 5. The van der Waals surface area contributed by atoms with Crippen molar-refractivity contribution < 1.29 is 28.1 Å². The number of hydrogen-bond donors (Lipinski definition) is 4. The summed E-state index contributed by atoms with van der Waals surface area (Å²) in [6, 6.07) is 44.6. The van der Waals surface area contributed by atoms with Gasteiger partial charge in [-0.2, -0.15) is 25.5 Å². The normalized spacial score (nSPS) is 23.5. The number of piperazine rings is 2. The molecule has 1 unspecified atom stereocenters. The van der Waals surface area contributed by atoms with Gasteiger partial charge in [-0.05, 0) is 253 Å². The molecule has 0 radical (unpaired) electrons. The molecule has 10 atom stereocenters. The summed E-state index contributed by atoms with van der Waals surface area (Å²) in [6.07, 6.45) is 32.3. The van der Waals surface area contributed by atoms with E-state index in [4.69, 9.17) is 48.6 Å². The average Bonchev–Trinajstić information content (AvgIpc) is 1.63. The van der Waals surface area contributed by atoms with Crippen molar-refractivity contribution in [3.8, 4) is 84.4 Å². The molecule has 0 spiro atoms. The number of aryl methyl sites for hydroxylation is 5. The molecule has 22 bridgehead atoms. The number of piperidine rings is 1. The van der Waals surface area contributed by atoms with E-state index in [1.54, 1.807) is 4.52 Å². The average molecular weight is 1920 g/mol. The summed E-state index contributed by atoms with van der Waals surface area (Å²) in [5, 5.41) is 36.3. The van der Waals surface area contributed by atoms with Crippen molar-refractivity contribution in [2.75, 3.05) is 184 Å². The van der Waals surface area contributed by atoms with Gasteiger partial charge in [-0.3, -0.25) is 34.3 Å². The van der Waals surface area contributed by atoms with Gasteiger partial charge in [0.15, 0.2) is 28.2 Å². The van der Waals surface area contributed by atoms with Gasteiger partial charge in [0.05, 0.1) is 49.1 Å². The van der Waals surface area contributed by atoms with E-state index in [1.807, 2.05) is 129 Å². The second-order valence-electron chi connectivity index (χ2n) is 40.3. The van der Waals surface area contributed by atoms with E-state index in [1.165, 1.54) is 61.0 Å². The van der Waals surface area contributed by atoms with Gasteiger partial charge in [-0.1, -0.05) is 42.5 Å². The summed E-state index contributed by atoms with van der Waals surface area (Å²) in [5.41, 5.74) is 20.9. The molecular weight excluding hydrogens is 1790 g/mol. The third kappa shape index (κ3) is 19.7. The first-order chi connectivity index (χ1) is 69.5. The maximum Gasteiger partial charge on any atom is 0.165 e. The highest BCUT2D eigenvalue weighted by atomic mass is 19.1.